The number of benzene rings is 1. The van der Waals surface area contributed by atoms with Gasteiger partial charge in [-0.15, -0.1) is 11.8 Å². The van der Waals surface area contributed by atoms with Crippen LogP contribution in [-0.2, 0) is 5.41 Å². The van der Waals surface area contributed by atoms with Gasteiger partial charge in [0, 0.05) is 29.0 Å². The monoisotopic (exact) mass is 289 g/mol. The number of hydrogen-bond acceptors (Lipinski definition) is 5. The average molecular weight is 289 g/mol. The molecule has 0 aliphatic rings. The molecule has 0 bridgehead atoms. The fraction of sp³-hybridized carbons (Fsp3) is 0.333. The molecular weight excluding hydrogens is 270 g/mol. The van der Waals surface area contributed by atoms with Crippen molar-refractivity contribution in [2.75, 3.05) is 11.6 Å². The quantitative estimate of drug-likeness (QED) is 0.371. The van der Waals surface area contributed by atoms with Gasteiger partial charge in [0.1, 0.15) is 11.3 Å². The van der Waals surface area contributed by atoms with Crippen molar-refractivity contribution in [1.29, 1.82) is 0 Å². The van der Waals surface area contributed by atoms with Crippen molar-refractivity contribution in [2.24, 2.45) is 5.10 Å². The molecule has 106 valence electrons. The number of aromatic hydroxyl groups is 1. The molecule has 4 nitrogen and oxygen atoms in total. The molecule has 0 aliphatic heterocycles. The predicted molar refractivity (Wildman–Crippen MR) is 86.4 cm³/mol. The molecular formula is C15H19N3OS. The van der Waals surface area contributed by atoms with E-state index < -0.39 is 0 Å². The molecule has 2 N–H and O–H groups in total. The average Bonchev–Trinajstić information content (AvgIpc) is 2.44. The molecule has 0 unspecified atom stereocenters. The van der Waals surface area contributed by atoms with Crippen LogP contribution in [0.2, 0.25) is 0 Å². The highest BCUT2D eigenvalue weighted by atomic mass is 32.2. The number of nitrogens with one attached hydrogen (secondary N) is 1. The van der Waals surface area contributed by atoms with Crippen LogP contribution in [0.3, 0.4) is 0 Å². The lowest BCUT2D eigenvalue weighted by atomic mass is 9.91. The molecule has 0 saturated carbocycles. The molecule has 0 amide bonds. The van der Waals surface area contributed by atoms with Crippen LogP contribution < -0.4 is 5.43 Å². The third-order valence-corrected chi connectivity index (χ3v) is 4.39. The van der Waals surface area contributed by atoms with Crippen molar-refractivity contribution >= 4 is 29.4 Å². The molecule has 0 saturated heterocycles. The Kier molecular flexibility index (Phi) is 4.49. The van der Waals surface area contributed by atoms with Gasteiger partial charge in [0.15, 0.2) is 0 Å². The van der Waals surface area contributed by atoms with Gasteiger partial charge in [-0.2, -0.15) is 5.10 Å². The van der Waals surface area contributed by atoms with Crippen LogP contribution in [0.4, 0.5) is 0 Å². The van der Waals surface area contributed by atoms with Gasteiger partial charge < -0.3 is 10.5 Å². The number of hydrogen-bond donors (Lipinski definition) is 2. The summed E-state index contributed by atoms with van der Waals surface area (Å²) in [5.41, 5.74) is 4.39. The molecule has 5 heteroatoms. The molecule has 20 heavy (non-hydrogen) atoms. The number of thioether (sulfide) groups is 1. The Labute approximate surface area is 123 Å². The van der Waals surface area contributed by atoms with Crippen molar-refractivity contribution in [1.82, 2.24) is 10.4 Å². The van der Waals surface area contributed by atoms with Gasteiger partial charge in [-0.3, -0.25) is 0 Å². The normalized spacial score (nSPS) is 11.5. The Balaban J connectivity index is 2.22. The molecule has 0 atom stereocenters. The molecule has 0 aliphatic carbocycles. The number of aromatic nitrogens is 1. The zero-order chi connectivity index (χ0) is 14.6. The van der Waals surface area contributed by atoms with Crippen LogP contribution in [0.25, 0.3) is 10.9 Å². The zero-order valence-corrected chi connectivity index (χ0v) is 12.6. The molecule has 1 heterocycles. The lowest BCUT2D eigenvalue weighted by molar-refractivity contribution is 0.479. The van der Waals surface area contributed by atoms with E-state index in [9.17, 15) is 5.11 Å². The lowest BCUT2D eigenvalue weighted by Gasteiger charge is -2.24. The number of hydrazone groups is 1. The molecule has 2 aromatic rings. The Morgan fingerprint density at radius 1 is 1.35 bits per heavy atom. The van der Waals surface area contributed by atoms with Crippen LogP contribution in [0, 0.1) is 0 Å². The molecule has 1 aromatic carbocycles. The molecule has 0 fully saturated rings. The summed E-state index contributed by atoms with van der Waals surface area (Å²) in [6.07, 6.45) is 0. The van der Waals surface area contributed by atoms with E-state index in [0.717, 1.165) is 22.7 Å². The summed E-state index contributed by atoms with van der Waals surface area (Å²) in [6, 6.07) is 9.48. The minimum atomic E-state index is -0.0794. The number of para-hydroxylation sites is 1. The van der Waals surface area contributed by atoms with Crippen LogP contribution in [0.5, 0.6) is 5.75 Å². The largest absolute Gasteiger partial charge is 0.506 e. The Bertz CT molecular complexity index is 613. The van der Waals surface area contributed by atoms with Gasteiger partial charge in [0.25, 0.3) is 0 Å². The highest BCUT2D eigenvalue weighted by Gasteiger charge is 2.22. The molecule has 2 rings (SSSR count). The van der Waals surface area contributed by atoms with E-state index in [0.29, 0.717) is 5.52 Å². The van der Waals surface area contributed by atoms with E-state index in [1.54, 1.807) is 17.8 Å². The number of phenolic OH excluding ortho intramolecular Hbond substituents is 1. The van der Waals surface area contributed by atoms with E-state index in [4.69, 9.17) is 0 Å². The standard InChI is InChI=1S/C15H19N3OS/c1-15(2,9-20-10-17-16-3)13-8-7-11-5-4-6-12(19)14(11)18-13/h4-8,17,19H,3,9-10H2,1-2H3. The second-order valence-electron chi connectivity index (χ2n) is 5.24. The van der Waals surface area contributed by atoms with Crippen LogP contribution >= 0.6 is 11.8 Å². The minimum absolute atomic E-state index is 0.0794. The highest BCUT2D eigenvalue weighted by molar-refractivity contribution is 7.99. The summed E-state index contributed by atoms with van der Waals surface area (Å²) in [5.74, 6) is 1.86. The van der Waals surface area contributed by atoms with Gasteiger partial charge in [-0.05, 0) is 12.1 Å². The Morgan fingerprint density at radius 2 is 2.15 bits per heavy atom. The summed E-state index contributed by atoms with van der Waals surface area (Å²) in [5, 5.41) is 14.5. The third-order valence-electron chi connectivity index (χ3n) is 3.13. The van der Waals surface area contributed by atoms with Crippen molar-refractivity contribution in [3.8, 4) is 5.75 Å². The molecule has 1 aromatic heterocycles. The zero-order valence-electron chi connectivity index (χ0n) is 11.8. The fourth-order valence-corrected chi connectivity index (χ4v) is 2.92. The van der Waals surface area contributed by atoms with E-state index in [1.807, 2.05) is 24.3 Å². The topological polar surface area (TPSA) is 57.5 Å². The van der Waals surface area contributed by atoms with Gasteiger partial charge in [-0.1, -0.05) is 32.0 Å². The van der Waals surface area contributed by atoms with Crippen molar-refractivity contribution in [3.63, 3.8) is 0 Å². The van der Waals surface area contributed by atoms with Crippen LogP contribution in [0.15, 0.2) is 35.4 Å². The molecule has 0 radical (unpaired) electrons. The summed E-state index contributed by atoms with van der Waals surface area (Å²) in [7, 11) is 0. The van der Waals surface area contributed by atoms with Crippen molar-refractivity contribution < 1.29 is 5.11 Å². The summed E-state index contributed by atoms with van der Waals surface area (Å²) in [4.78, 5) is 4.63. The van der Waals surface area contributed by atoms with Crippen LogP contribution in [-0.4, -0.2) is 28.4 Å². The van der Waals surface area contributed by atoms with Crippen LogP contribution in [0.1, 0.15) is 19.5 Å². The second-order valence-corrected chi connectivity index (χ2v) is 6.22. The highest BCUT2D eigenvalue weighted by Crippen LogP contribution is 2.29. The van der Waals surface area contributed by atoms with E-state index >= 15 is 0 Å². The van der Waals surface area contributed by atoms with Crippen molar-refractivity contribution in [3.05, 3.63) is 36.0 Å². The third kappa shape index (κ3) is 3.22. The summed E-state index contributed by atoms with van der Waals surface area (Å²) in [6.45, 7) is 7.68. The summed E-state index contributed by atoms with van der Waals surface area (Å²) < 4.78 is 0. The number of nitrogens with zero attached hydrogens (tertiary/aromatic N) is 2. The van der Waals surface area contributed by atoms with E-state index in [1.165, 1.54) is 0 Å². The maximum absolute atomic E-state index is 9.91. The first-order valence-corrected chi connectivity index (χ1v) is 7.55. The maximum atomic E-state index is 9.91. The minimum Gasteiger partial charge on any atom is -0.506 e. The SMILES string of the molecule is C=NNCSCC(C)(C)c1ccc2cccc(O)c2n1. The lowest BCUT2D eigenvalue weighted by Crippen LogP contribution is -2.23. The van der Waals surface area contributed by atoms with Gasteiger partial charge in [0.05, 0.1) is 5.88 Å². The fourth-order valence-electron chi connectivity index (χ4n) is 1.98. The number of phenols is 1. The maximum Gasteiger partial charge on any atom is 0.141 e. The smallest absolute Gasteiger partial charge is 0.141 e. The molecule has 0 spiro atoms. The predicted octanol–water partition coefficient (Wildman–Crippen LogP) is 3.11. The first kappa shape index (κ1) is 14.7. The van der Waals surface area contributed by atoms with Crippen molar-refractivity contribution in [2.45, 2.75) is 19.3 Å². The first-order chi connectivity index (χ1) is 9.54. The van der Waals surface area contributed by atoms with E-state index in [2.05, 4.69) is 36.1 Å². The number of fused-ring (bicyclic) bond motifs is 1. The first-order valence-electron chi connectivity index (χ1n) is 6.40. The van der Waals surface area contributed by atoms with Gasteiger partial charge >= 0.3 is 0 Å². The van der Waals surface area contributed by atoms with Gasteiger partial charge in [0.2, 0.25) is 0 Å². The van der Waals surface area contributed by atoms with E-state index in [-0.39, 0.29) is 11.2 Å². The van der Waals surface area contributed by atoms with Gasteiger partial charge in [-0.25, -0.2) is 4.98 Å². The Morgan fingerprint density at radius 3 is 2.90 bits per heavy atom. The Hall–Kier alpha value is -1.75. The number of pyridine rings is 1. The number of rotatable bonds is 6. The second kappa shape index (κ2) is 6.13. The summed E-state index contributed by atoms with van der Waals surface area (Å²) >= 11 is 1.74.